The summed E-state index contributed by atoms with van der Waals surface area (Å²) in [6, 6.07) is 9.84. The fourth-order valence-corrected chi connectivity index (χ4v) is 13.6. The van der Waals surface area contributed by atoms with Gasteiger partial charge in [0.25, 0.3) is 10.1 Å². The number of methoxy groups -OCH3 is 4. The molecule has 5 aliphatic carbocycles. The van der Waals surface area contributed by atoms with E-state index < -0.39 is 38.7 Å². The third kappa shape index (κ3) is 20.9. The van der Waals surface area contributed by atoms with Gasteiger partial charge in [0, 0.05) is 62.9 Å². The molecule has 0 radical (unpaired) electrons. The molecule has 0 spiro atoms. The van der Waals surface area contributed by atoms with E-state index >= 15 is 0 Å². The van der Waals surface area contributed by atoms with Gasteiger partial charge in [-0.15, -0.1) is 0 Å². The minimum absolute atomic E-state index is 0. The maximum Gasteiger partial charge on any atom is 0.339 e. The van der Waals surface area contributed by atoms with Crippen molar-refractivity contribution in [2.45, 2.75) is 153 Å². The zero-order valence-electron chi connectivity index (χ0n) is 59.5. The Labute approximate surface area is 599 Å². The van der Waals surface area contributed by atoms with E-state index in [2.05, 4.69) is 20.8 Å². The average molecular weight is 1440 g/mol. The number of hydrogen-bond acceptors (Lipinski definition) is 22. The number of esters is 1. The molecule has 1 N–H and O–H groups in total. The van der Waals surface area contributed by atoms with Gasteiger partial charge in [0.2, 0.25) is 10.9 Å². The second-order valence-electron chi connectivity index (χ2n) is 26.9. The quantitative estimate of drug-likeness (QED) is 0.0375. The molecule has 4 aromatic carbocycles. The molecule has 23 heteroatoms. The number of Topliss-reactive ketones (excluding diaryl/α,β-unsaturated/α-hetero) is 2. The van der Waals surface area contributed by atoms with Crippen LogP contribution in [-0.2, 0) is 50.8 Å². The highest BCUT2D eigenvalue weighted by Gasteiger charge is 2.32. The van der Waals surface area contributed by atoms with Gasteiger partial charge in [0.05, 0.1) is 52.9 Å². The molecule has 3 fully saturated rings. The number of carbonyl (C=O) groups excluding carboxylic acids is 4. The Morgan fingerprint density at radius 2 is 0.863 bits per heavy atom. The highest BCUT2D eigenvalue weighted by molar-refractivity contribution is 7.86. The summed E-state index contributed by atoms with van der Waals surface area (Å²) in [5, 5.41) is 20.6. The summed E-state index contributed by atoms with van der Waals surface area (Å²) < 4.78 is 85.9. The van der Waals surface area contributed by atoms with Gasteiger partial charge >= 0.3 is 5.97 Å². The van der Waals surface area contributed by atoms with Gasteiger partial charge in [-0.25, -0.2) is 4.79 Å². The smallest absolute Gasteiger partial charge is 0.339 e. The summed E-state index contributed by atoms with van der Waals surface area (Å²) in [6.07, 6.45) is 21.6. The first-order chi connectivity index (χ1) is 47.8. The van der Waals surface area contributed by atoms with Crippen LogP contribution >= 0.6 is 0 Å². The SMILES string of the molecule is C.C.CC1CCC(CO)CC1.CC1CCC(COS(C)(=O)=O)CC1.COCOc1cc2c(cc1OCOC)C(=O)C(c1coc3cc(C)c(C)c(C(=O)OCC4CCC(C)CC4)c3c1=O)=CC2.COCOc1cc2c(cc1OCOC)C(=O)C(c1coc3cc(C)c(C)c(C(=O)[O-])c3c1=O)=CC2. The zero-order valence-corrected chi connectivity index (χ0v) is 60.3. The van der Waals surface area contributed by atoms with E-state index in [0.29, 0.717) is 113 Å². The lowest BCUT2D eigenvalue weighted by Gasteiger charge is -2.25. The number of rotatable bonds is 22. The number of fused-ring (bicyclic) bond motifs is 4. The molecule has 0 unspecified atom stereocenters. The molecule has 6 aromatic rings. The average Bonchev–Trinajstić information content (AvgIpc) is 0.755. The molecule has 3 saturated carbocycles. The van der Waals surface area contributed by atoms with Crippen LogP contribution in [0.2, 0.25) is 0 Å². The van der Waals surface area contributed by atoms with Crippen LogP contribution in [0.3, 0.4) is 0 Å². The standard InChI is InChI=1S/C34H38O9.C26H24O9.C9H18O3S.C8H16O.2CH4/c1-19-6-8-22(9-7-19)15-41-34(37)30-21(3)20(2)12-29-31(30)33(36)26(16-40-29)24-11-10-23-13-27(42-17-38-4)28(43-18-39-5)14-25(23)32(24)35;1-13-7-21-23(22(14(13)2)26(29)30)25(28)18(10-33-21)16-6-5-15-8-19(34-11-31-3)20(35-12-32-4)9-17(15)24(16)27;1-8-3-5-9(6-4-8)7-12-13(2,10)11;1-7-2-4-8(6-9)5-3-7;;/h11-14,16,19,22H,6-10,15,17-18H2,1-5H3;6-10H,5,11-12H2,1-4H3,(H,29,30);8-9H,3-7H2,1-2H3;7-9H,2-6H2,1H3;2*1H4/p-1. The molecule has 0 bridgehead atoms. The van der Waals surface area contributed by atoms with Crippen LogP contribution in [0.1, 0.15) is 199 Å². The Bertz CT molecular complexity index is 4210. The van der Waals surface area contributed by atoms with E-state index in [1.54, 1.807) is 63.3 Å². The fraction of sp³-hybridized carbons (Fsp3) is 0.519. The number of allylic oxidation sites excluding steroid dienone is 4. The van der Waals surface area contributed by atoms with Gasteiger partial charge in [0.1, 0.15) is 23.7 Å². The summed E-state index contributed by atoms with van der Waals surface area (Å²) in [5.74, 6) is 2.31. The maximum atomic E-state index is 14.1. The van der Waals surface area contributed by atoms with Crippen molar-refractivity contribution in [1.82, 2.24) is 0 Å². The second kappa shape index (κ2) is 38.5. The van der Waals surface area contributed by atoms with Crippen LogP contribution in [0.4, 0.5) is 0 Å². The first-order valence-corrected chi connectivity index (χ1v) is 35.9. The fourth-order valence-electron chi connectivity index (χ4n) is 13.2. The summed E-state index contributed by atoms with van der Waals surface area (Å²) in [4.78, 5) is 80.1. The van der Waals surface area contributed by atoms with Crippen molar-refractivity contribution in [3.05, 3.63) is 148 Å². The first kappa shape index (κ1) is 82.9. The predicted octanol–water partition coefficient (Wildman–Crippen LogP) is 13.6. The molecule has 0 saturated heterocycles. The van der Waals surface area contributed by atoms with Gasteiger partial charge in [0.15, 0.2) is 61.7 Å². The van der Waals surface area contributed by atoms with Gasteiger partial charge in [-0.05, 0) is 184 Å². The molecule has 11 rings (SSSR count). The molecule has 5 aliphatic rings. The lowest BCUT2D eigenvalue weighted by atomic mass is 9.83. The third-order valence-electron chi connectivity index (χ3n) is 19.5. The monoisotopic (exact) mass is 1440 g/mol. The number of ether oxygens (including phenoxy) is 9. The van der Waals surface area contributed by atoms with E-state index in [9.17, 15) is 42.3 Å². The van der Waals surface area contributed by atoms with Crippen molar-refractivity contribution >= 4 is 66.7 Å². The van der Waals surface area contributed by atoms with E-state index in [1.807, 2.05) is 6.92 Å². The first-order valence-electron chi connectivity index (χ1n) is 34.1. The lowest BCUT2D eigenvalue weighted by molar-refractivity contribution is -0.254. The molecule has 22 nitrogen and oxygen atoms in total. The molecule has 558 valence electrons. The molecule has 2 heterocycles. The summed E-state index contributed by atoms with van der Waals surface area (Å²) >= 11 is 0. The number of aliphatic hydroxyl groups excluding tert-OH is 1. The summed E-state index contributed by atoms with van der Waals surface area (Å²) in [6.45, 7) is 14.7. The number of benzene rings is 4. The number of aromatic carboxylic acids is 1. The number of carboxylic acid groups (broad SMARTS) is 1. The van der Waals surface area contributed by atoms with E-state index in [1.165, 1.54) is 85.6 Å². The topological polar surface area (TPSA) is 298 Å². The Kier molecular flexibility index (Phi) is 31.3. The van der Waals surface area contributed by atoms with Gasteiger partial charge < -0.3 is 66.5 Å². The number of aliphatic hydroxyl groups is 1. The van der Waals surface area contributed by atoms with Gasteiger partial charge in [-0.1, -0.05) is 86.3 Å². The normalized spacial score (nSPS) is 19.2. The summed E-state index contributed by atoms with van der Waals surface area (Å²) in [5.41, 5.74) is 4.18. The van der Waals surface area contributed by atoms with Crippen LogP contribution in [0.5, 0.6) is 23.0 Å². The lowest BCUT2D eigenvalue weighted by Crippen LogP contribution is -2.27. The van der Waals surface area contributed by atoms with Crippen molar-refractivity contribution in [3.8, 4) is 23.0 Å². The minimum Gasteiger partial charge on any atom is -0.545 e. The molecule has 0 aliphatic heterocycles. The molecule has 2 aromatic heterocycles. The van der Waals surface area contributed by atoms with Crippen molar-refractivity contribution in [2.75, 3.05) is 81.7 Å². The Balaban J connectivity index is 0.000000246. The number of hydrogen-bond donors (Lipinski definition) is 1. The Hall–Kier alpha value is -8.03. The van der Waals surface area contributed by atoms with Crippen LogP contribution in [0.25, 0.3) is 33.1 Å². The summed E-state index contributed by atoms with van der Waals surface area (Å²) in [7, 11) is 2.70. The Morgan fingerprint density at radius 1 is 0.510 bits per heavy atom. The van der Waals surface area contributed by atoms with Crippen molar-refractivity contribution < 1.29 is 93.5 Å². The van der Waals surface area contributed by atoms with E-state index in [0.717, 1.165) is 62.2 Å². The van der Waals surface area contributed by atoms with Crippen LogP contribution < -0.4 is 34.9 Å². The number of aryl methyl sites for hydroxylation is 2. The third-order valence-corrected chi connectivity index (χ3v) is 20.1. The molecular weight excluding hydrogens is 1330 g/mol. The predicted molar refractivity (Wildman–Crippen MR) is 388 cm³/mol. The van der Waals surface area contributed by atoms with Crippen molar-refractivity contribution in [3.63, 3.8) is 0 Å². The van der Waals surface area contributed by atoms with Crippen molar-refractivity contribution in [2.24, 2.45) is 35.5 Å². The minimum atomic E-state index is -3.24. The molecular formula is C79H103O22S-. The highest BCUT2D eigenvalue weighted by atomic mass is 32.2. The van der Waals surface area contributed by atoms with Crippen LogP contribution in [0, 0.1) is 63.2 Å². The molecule has 0 atom stereocenters. The molecule has 0 amide bonds. The van der Waals surface area contributed by atoms with Gasteiger partial charge in [-0.3, -0.25) is 23.4 Å². The van der Waals surface area contributed by atoms with Gasteiger partial charge in [-0.2, -0.15) is 8.42 Å². The number of carboxylic acids is 1. The second-order valence-corrected chi connectivity index (χ2v) is 28.6. The highest BCUT2D eigenvalue weighted by Crippen LogP contribution is 2.40. The van der Waals surface area contributed by atoms with E-state index in [-0.39, 0.29) is 109 Å². The van der Waals surface area contributed by atoms with Crippen LogP contribution in [-0.4, -0.2) is 119 Å². The van der Waals surface area contributed by atoms with E-state index in [4.69, 9.17) is 60.8 Å². The largest absolute Gasteiger partial charge is 0.545 e. The number of ketones is 2. The van der Waals surface area contributed by atoms with Crippen LogP contribution in [0.15, 0.2) is 79.5 Å². The number of carbonyl (C=O) groups is 4. The Morgan fingerprint density at radius 3 is 1.23 bits per heavy atom. The maximum absolute atomic E-state index is 14.1. The molecule has 102 heavy (non-hydrogen) atoms. The zero-order chi connectivity index (χ0) is 72.5. The van der Waals surface area contributed by atoms with Crippen molar-refractivity contribution in [1.29, 1.82) is 0 Å².